The fourth-order valence-electron chi connectivity index (χ4n) is 2.03. The summed E-state index contributed by atoms with van der Waals surface area (Å²) in [6.45, 7) is 0.329. The summed E-state index contributed by atoms with van der Waals surface area (Å²) in [5.41, 5.74) is 1.32. The molecule has 0 unspecified atom stereocenters. The van der Waals surface area contributed by atoms with Crippen molar-refractivity contribution in [2.24, 2.45) is 0 Å². The summed E-state index contributed by atoms with van der Waals surface area (Å²) in [4.78, 5) is 12.2. The minimum Gasteiger partial charge on any atom is -0.467 e. The van der Waals surface area contributed by atoms with Crippen molar-refractivity contribution < 1.29 is 9.21 Å². The summed E-state index contributed by atoms with van der Waals surface area (Å²) in [5, 5.41) is 3.21. The number of hydrogen-bond acceptors (Lipinski definition) is 2. The van der Waals surface area contributed by atoms with E-state index in [9.17, 15) is 4.79 Å². The van der Waals surface area contributed by atoms with Gasteiger partial charge in [0.15, 0.2) is 0 Å². The van der Waals surface area contributed by atoms with Crippen LogP contribution in [0.2, 0.25) is 5.02 Å². The van der Waals surface area contributed by atoms with E-state index in [4.69, 9.17) is 16.0 Å². The van der Waals surface area contributed by atoms with Crippen LogP contribution in [0.25, 0.3) is 5.69 Å². The van der Waals surface area contributed by atoms with Crippen molar-refractivity contribution in [3.05, 3.63) is 77.5 Å². The Morgan fingerprint density at radius 3 is 2.71 bits per heavy atom. The molecule has 21 heavy (non-hydrogen) atoms. The summed E-state index contributed by atoms with van der Waals surface area (Å²) in [6, 6.07) is 12.8. The van der Waals surface area contributed by atoms with E-state index in [1.807, 2.05) is 35.2 Å². The zero-order valence-corrected chi connectivity index (χ0v) is 11.9. The van der Waals surface area contributed by atoms with Crippen LogP contribution in [0.4, 0.5) is 0 Å². The lowest BCUT2D eigenvalue weighted by atomic mass is 10.2. The number of nitrogens with one attached hydrogen (secondary N) is 1. The lowest BCUT2D eigenvalue weighted by Crippen LogP contribution is -2.23. The molecule has 1 amide bonds. The molecule has 0 radical (unpaired) electrons. The van der Waals surface area contributed by atoms with Crippen molar-refractivity contribution in [3.8, 4) is 5.69 Å². The van der Waals surface area contributed by atoms with E-state index in [2.05, 4.69) is 5.32 Å². The maximum Gasteiger partial charge on any atom is 0.253 e. The number of carbonyl (C=O) groups excluding carboxylic acids is 1. The summed E-state index contributed by atoms with van der Waals surface area (Å²) in [7, 11) is 0. The fourth-order valence-corrected chi connectivity index (χ4v) is 2.23. The molecule has 106 valence electrons. The van der Waals surface area contributed by atoms with Gasteiger partial charge in [-0.3, -0.25) is 4.79 Å². The lowest BCUT2D eigenvalue weighted by molar-refractivity contribution is 0.0948. The number of amides is 1. The molecule has 3 aromatic rings. The van der Waals surface area contributed by atoms with Crippen molar-refractivity contribution in [2.75, 3.05) is 0 Å². The topological polar surface area (TPSA) is 47.2 Å². The molecule has 0 saturated heterocycles. The molecule has 3 rings (SSSR count). The molecule has 0 aliphatic carbocycles. The van der Waals surface area contributed by atoms with Gasteiger partial charge >= 0.3 is 0 Å². The quantitative estimate of drug-likeness (QED) is 0.799. The van der Waals surface area contributed by atoms with Crippen molar-refractivity contribution in [3.63, 3.8) is 0 Å². The maximum atomic E-state index is 12.2. The Morgan fingerprint density at radius 2 is 2.00 bits per heavy atom. The summed E-state index contributed by atoms with van der Waals surface area (Å²) in [5.74, 6) is 0.464. The predicted molar refractivity (Wildman–Crippen MR) is 80.7 cm³/mol. The number of nitrogens with zero attached hydrogens (tertiary/aromatic N) is 1. The van der Waals surface area contributed by atoms with Gasteiger partial charge in [0, 0.05) is 18.1 Å². The molecular formula is C16H13ClN2O2. The van der Waals surface area contributed by atoms with Gasteiger partial charge in [-0.1, -0.05) is 11.6 Å². The van der Waals surface area contributed by atoms with E-state index in [1.165, 1.54) is 0 Å². The SMILES string of the molecule is O=C(NCc1ccco1)c1cc(-n2cccc2)ccc1Cl. The summed E-state index contributed by atoms with van der Waals surface area (Å²) in [6.07, 6.45) is 5.39. The number of rotatable bonds is 4. The van der Waals surface area contributed by atoms with Crippen LogP contribution in [0.1, 0.15) is 16.1 Å². The highest BCUT2D eigenvalue weighted by Crippen LogP contribution is 2.20. The third-order valence-electron chi connectivity index (χ3n) is 3.10. The van der Waals surface area contributed by atoms with Crippen LogP contribution >= 0.6 is 11.6 Å². The van der Waals surface area contributed by atoms with Crippen LogP contribution in [0, 0.1) is 0 Å². The second-order valence-electron chi connectivity index (χ2n) is 4.52. The van der Waals surface area contributed by atoms with E-state index in [-0.39, 0.29) is 5.91 Å². The molecule has 1 aromatic carbocycles. The first-order valence-corrected chi connectivity index (χ1v) is 6.85. The van der Waals surface area contributed by atoms with Gasteiger partial charge in [-0.05, 0) is 42.5 Å². The maximum absolute atomic E-state index is 12.2. The first-order valence-electron chi connectivity index (χ1n) is 6.47. The lowest BCUT2D eigenvalue weighted by Gasteiger charge is -2.09. The van der Waals surface area contributed by atoms with Gasteiger partial charge in [-0.25, -0.2) is 0 Å². The van der Waals surface area contributed by atoms with E-state index in [0.29, 0.717) is 22.9 Å². The molecule has 0 spiro atoms. The third kappa shape index (κ3) is 3.01. The molecule has 0 aliphatic rings. The zero-order chi connectivity index (χ0) is 14.7. The van der Waals surface area contributed by atoms with Crippen LogP contribution < -0.4 is 5.32 Å². The highest BCUT2D eigenvalue weighted by Gasteiger charge is 2.12. The molecule has 0 atom stereocenters. The van der Waals surface area contributed by atoms with Crippen molar-refractivity contribution in [2.45, 2.75) is 6.54 Å². The highest BCUT2D eigenvalue weighted by atomic mass is 35.5. The Hall–Kier alpha value is -2.46. The molecule has 0 bridgehead atoms. The monoisotopic (exact) mass is 300 g/mol. The summed E-state index contributed by atoms with van der Waals surface area (Å²) >= 11 is 6.12. The van der Waals surface area contributed by atoms with E-state index < -0.39 is 0 Å². The van der Waals surface area contributed by atoms with Crippen LogP contribution in [0.5, 0.6) is 0 Å². The van der Waals surface area contributed by atoms with Gasteiger partial charge in [-0.2, -0.15) is 0 Å². The Bertz CT molecular complexity index is 734. The first-order chi connectivity index (χ1) is 10.2. The number of halogens is 1. The average Bonchev–Trinajstić information content (AvgIpc) is 3.18. The van der Waals surface area contributed by atoms with Gasteiger partial charge in [-0.15, -0.1) is 0 Å². The van der Waals surface area contributed by atoms with Gasteiger partial charge in [0.05, 0.1) is 23.4 Å². The van der Waals surface area contributed by atoms with Crippen LogP contribution in [-0.2, 0) is 6.54 Å². The Labute approximate surface area is 127 Å². The van der Waals surface area contributed by atoms with Gasteiger partial charge in [0.25, 0.3) is 5.91 Å². The van der Waals surface area contributed by atoms with Gasteiger partial charge < -0.3 is 14.3 Å². The van der Waals surface area contributed by atoms with Crippen LogP contribution in [0.3, 0.4) is 0 Å². The average molecular weight is 301 g/mol. The van der Waals surface area contributed by atoms with Crippen molar-refractivity contribution in [1.29, 1.82) is 0 Å². The van der Waals surface area contributed by atoms with Gasteiger partial charge in [0.1, 0.15) is 5.76 Å². The van der Waals surface area contributed by atoms with Crippen molar-refractivity contribution in [1.82, 2.24) is 9.88 Å². The van der Waals surface area contributed by atoms with Gasteiger partial charge in [0.2, 0.25) is 0 Å². The molecule has 5 heteroatoms. The van der Waals surface area contributed by atoms with Crippen LogP contribution in [-0.4, -0.2) is 10.5 Å². The zero-order valence-electron chi connectivity index (χ0n) is 11.1. The number of carbonyl (C=O) groups is 1. The number of benzene rings is 1. The van der Waals surface area contributed by atoms with E-state index in [0.717, 1.165) is 5.69 Å². The first kappa shape index (κ1) is 13.5. The number of furan rings is 1. The van der Waals surface area contributed by atoms with Crippen LogP contribution in [0.15, 0.2) is 65.5 Å². The predicted octanol–water partition coefficient (Wildman–Crippen LogP) is 3.65. The number of hydrogen-bond donors (Lipinski definition) is 1. The molecule has 1 N–H and O–H groups in total. The molecule has 2 heterocycles. The second-order valence-corrected chi connectivity index (χ2v) is 4.92. The fraction of sp³-hybridized carbons (Fsp3) is 0.0625. The third-order valence-corrected chi connectivity index (χ3v) is 3.43. The molecule has 4 nitrogen and oxygen atoms in total. The molecule has 0 fully saturated rings. The van der Waals surface area contributed by atoms with Crippen molar-refractivity contribution >= 4 is 17.5 Å². The molecule has 2 aromatic heterocycles. The summed E-state index contributed by atoms with van der Waals surface area (Å²) < 4.78 is 7.10. The smallest absolute Gasteiger partial charge is 0.253 e. The Morgan fingerprint density at radius 1 is 1.19 bits per heavy atom. The minimum atomic E-state index is -0.231. The Balaban J connectivity index is 1.80. The number of aromatic nitrogens is 1. The van der Waals surface area contributed by atoms with E-state index >= 15 is 0 Å². The standard InChI is InChI=1S/C16H13ClN2O2/c17-15-6-5-12(19-7-1-2-8-19)10-14(15)16(20)18-11-13-4-3-9-21-13/h1-10H,11H2,(H,18,20). The normalized spacial score (nSPS) is 10.5. The van der Waals surface area contributed by atoms with E-state index in [1.54, 1.807) is 30.5 Å². The molecule has 0 saturated carbocycles. The highest BCUT2D eigenvalue weighted by molar-refractivity contribution is 6.33. The molecular weight excluding hydrogens is 288 g/mol. The Kier molecular flexibility index (Phi) is 3.79. The molecule has 0 aliphatic heterocycles. The largest absolute Gasteiger partial charge is 0.467 e. The second kappa shape index (κ2) is 5.89. The minimum absolute atomic E-state index is 0.231.